The summed E-state index contributed by atoms with van der Waals surface area (Å²) in [4.78, 5) is 23.0. The highest BCUT2D eigenvalue weighted by Crippen LogP contribution is 2.18. The fraction of sp³-hybridized carbons (Fsp3) is 0.385. The number of carbonyl (C=O) groups excluding carboxylic acids is 1. The average Bonchev–Trinajstić information content (AvgIpc) is 2.82. The molecule has 6 heteroatoms. The van der Waals surface area contributed by atoms with Gasteiger partial charge in [0.25, 0.3) is 5.91 Å². The van der Waals surface area contributed by atoms with Crippen LogP contribution < -0.4 is 5.32 Å². The number of carboxylic acid groups (broad SMARTS) is 1. The molecule has 0 saturated carbocycles. The van der Waals surface area contributed by atoms with Gasteiger partial charge in [0.2, 0.25) is 0 Å². The second-order valence-electron chi connectivity index (χ2n) is 4.03. The van der Waals surface area contributed by atoms with Crippen molar-refractivity contribution in [1.82, 2.24) is 5.32 Å². The molecule has 0 bridgehead atoms. The summed E-state index contributed by atoms with van der Waals surface area (Å²) in [5.74, 6) is -1.23. The molecule has 0 aliphatic heterocycles. The number of methoxy groups -OCH3 is 1. The van der Waals surface area contributed by atoms with Crippen molar-refractivity contribution >= 4 is 29.3 Å². The van der Waals surface area contributed by atoms with E-state index in [-0.39, 0.29) is 11.9 Å². The van der Waals surface area contributed by atoms with E-state index in [0.717, 1.165) is 12.5 Å². The Morgan fingerprint density at radius 1 is 1.58 bits per heavy atom. The zero-order valence-electron chi connectivity index (χ0n) is 10.9. The minimum absolute atomic E-state index is 0.00542. The second kappa shape index (κ2) is 7.70. The molecule has 0 saturated heterocycles. The topological polar surface area (TPSA) is 75.6 Å². The fourth-order valence-corrected chi connectivity index (χ4v) is 2.24. The molecule has 0 aromatic carbocycles. The Labute approximate surface area is 115 Å². The van der Waals surface area contributed by atoms with Crippen LogP contribution in [0.3, 0.4) is 0 Å². The predicted molar refractivity (Wildman–Crippen MR) is 74.4 cm³/mol. The number of thiophene rings is 1. The van der Waals surface area contributed by atoms with Crippen molar-refractivity contribution < 1.29 is 19.4 Å². The SMILES string of the molecule is COCCC(C)NC(=O)c1sccc1C=CC(=O)O. The number of rotatable bonds is 7. The van der Waals surface area contributed by atoms with Crippen molar-refractivity contribution in [2.24, 2.45) is 0 Å². The molecule has 1 aromatic rings. The van der Waals surface area contributed by atoms with Gasteiger partial charge in [0, 0.05) is 25.8 Å². The molecular formula is C13H17NO4S. The molecule has 1 heterocycles. The molecule has 1 rings (SSSR count). The van der Waals surface area contributed by atoms with E-state index >= 15 is 0 Å². The Morgan fingerprint density at radius 2 is 2.32 bits per heavy atom. The van der Waals surface area contributed by atoms with Gasteiger partial charge in [0.05, 0.1) is 4.88 Å². The highest BCUT2D eigenvalue weighted by Gasteiger charge is 2.14. The molecule has 0 aliphatic rings. The summed E-state index contributed by atoms with van der Waals surface area (Å²) in [7, 11) is 1.61. The summed E-state index contributed by atoms with van der Waals surface area (Å²) in [6.45, 7) is 2.48. The Morgan fingerprint density at radius 3 is 2.95 bits per heavy atom. The maximum Gasteiger partial charge on any atom is 0.328 e. The quantitative estimate of drug-likeness (QED) is 0.750. The lowest BCUT2D eigenvalue weighted by Crippen LogP contribution is -2.33. The van der Waals surface area contributed by atoms with Gasteiger partial charge in [-0.2, -0.15) is 0 Å². The Hall–Kier alpha value is -1.66. The molecule has 5 nitrogen and oxygen atoms in total. The van der Waals surface area contributed by atoms with Crippen LogP contribution in [0.4, 0.5) is 0 Å². The molecule has 0 fully saturated rings. The van der Waals surface area contributed by atoms with Gasteiger partial charge < -0.3 is 15.2 Å². The number of amides is 1. The van der Waals surface area contributed by atoms with Gasteiger partial charge in [0.1, 0.15) is 0 Å². The number of hydrogen-bond donors (Lipinski definition) is 2. The summed E-state index contributed by atoms with van der Waals surface area (Å²) in [5, 5.41) is 13.2. The molecule has 0 radical (unpaired) electrons. The van der Waals surface area contributed by atoms with Crippen LogP contribution in [0.15, 0.2) is 17.5 Å². The van der Waals surface area contributed by atoms with Crippen LogP contribution >= 0.6 is 11.3 Å². The zero-order chi connectivity index (χ0) is 14.3. The van der Waals surface area contributed by atoms with E-state index in [0.29, 0.717) is 17.0 Å². The van der Waals surface area contributed by atoms with Crippen LogP contribution in [0, 0.1) is 0 Å². The van der Waals surface area contributed by atoms with Gasteiger partial charge in [-0.05, 0) is 36.4 Å². The van der Waals surface area contributed by atoms with Crippen molar-refractivity contribution in [2.75, 3.05) is 13.7 Å². The van der Waals surface area contributed by atoms with Crippen LogP contribution in [-0.4, -0.2) is 36.7 Å². The monoisotopic (exact) mass is 283 g/mol. The maximum absolute atomic E-state index is 12.0. The number of hydrogen-bond acceptors (Lipinski definition) is 4. The molecule has 1 atom stereocenters. The smallest absolute Gasteiger partial charge is 0.328 e. The van der Waals surface area contributed by atoms with Gasteiger partial charge in [0.15, 0.2) is 0 Å². The summed E-state index contributed by atoms with van der Waals surface area (Å²) in [5.41, 5.74) is 0.615. The van der Waals surface area contributed by atoms with Crippen LogP contribution in [0.5, 0.6) is 0 Å². The summed E-state index contributed by atoms with van der Waals surface area (Å²) >= 11 is 1.29. The third kappa shape index (κ3) is 5.23. The van der Waals surface area contributed by atoms with E-state index < -0.39 is 5.97 Å². The van der Waals surface area contributed by atoms with Crippen molar-refractivity contribution in [1.29, 1.82) is 0 Å². The standard InChI is InChI=1S/C13H17NO4S/c1-9(5-7-18-2)14-13(17)12-10(6-8-19-12)3-4-11(15)16/h3-4,6,8-9H,5,7H2,1-2H3,(H,14,17)(H,15,16). The molecule has 2 N–H and O–H groups in total. The number of carbonyl (C=O) groups is 2. The largest absolute Gasteiger partial charge is 0.478 e. The third-order valence-corrected chi connectivity index (χ3v) is 3.37. The van der Waals surface area contributed by atoms with Crippen LogP contribution in [0.1, 0.15) is 28.6 Å². The fourth-order valence-electron chi connectivity index (χ4n) is 1.45. The Bertz CT molecular complexity index is 467. The molecule has 1 unspecified atom stereocenters. The van der Waals surface area contributed by atoms with Gasteiger partial charge in [-0.15, -0.1) is 11.3 Å². The lowest BCUT2D eigenvalue weighted by molar-refractivity contribution is -0.131. The first-order valence-electron chi connectivity index (χ1n) is 5.83. The number of ether oxygens (including phenoxy) is 1. The van der Waals surface area contributed by atoms with Crippen molar-refractivity contribution in [3.8, 4) is 0 Å². The van der Waals surface area contributed by atoms with Gasteiger partial charge in [-0.1, -0.05) is 0 Å². The number of aliphatic carboxylic acids is 1. The van der Waals surface area contributed by atoms with E-state index in [1.54, 1.807) is 18.6 Å². The summed E-state index contributed by atoms with van der Waals surface area (Å²) < 4.78 is 4.95. The Balaban J connectivity index is 2.67. The third-order valence-electron chi connectivity index (χ3n) is 2.44. The van der Waals surface area contributed by atoms with Crippen molar-refractivity contribution in [2.45, 2.75) is 19.4 Å². The first-order chi connectivity index (χ1) is 9.04. The highest BCUT2D eigenvalue weighted by atomic mass is 32.1. The van der Waals surface area contributed by atoms with Crippen LogP contribution in [-0.2, 0) is 9.53 Å². The molecule has 104 valence electrons. The predicted octanol–water partition coefficient (Wildman–Crippen LogP) is 2.00. The van der Waals surface area contributed by atoms with Crippen LogP contribution in [0.25, 0.3) is 6.08 Å². The van der Waals surface area contributed by atoms with Crippen molar-refractivity contribution in [3.63, 3.8) is 0 Å². The van der Waals surface area contributed by atoms with Gasteiger partial charge in [-0.25, -0.2) is 4.79 Å². The molecule has 19 heavy (non-hydrogen) atoms. The van der Waals surface area contributed by atoms with E-state index in [9.17, 15) is 9.59 Å². The highest BCUT2D eigenvalue weighted by molar-refractivity contribution is 7.12. The van der Waals surface area contributed by atoms with Gasteiger partial charge >= 0.3 is 5.97 Å². The number of carboxylic acids is 1. The van der Waals surface area contributed by atoms with Gasteiger partial charge in [-0.3, -0.25) is 4.79 Å². The minimum atomic E-state index is -1.04. The molecule has 1 aromatic heterocycles. The van der Waals surface area contributed by atoms with E-state index in [1.807, 2.05) is 6.92 Å². The Kier molecular flexibility index (Phi) is 6.24. The van der Waals surface area contributed by atoms with Crippen molar-refractivity contribution in [3.05, 3.63) is 28.0 Å². The first-order valence-corrected chi connectivity index (χ1v) is 6.71. The zero-order valence-corrected chi connectivity index (χ0v) is 11.7. The molecular weight excluding hydrogens is 266 g/mol. The minimum Gasteiger partial charge on any atom is -0.478 e. The lowest BCUT2D eigenvalue weighted by Gasteiger charge is -2.12. The maximum atomic E-state index is 12.0. The molecule has 0 spiro atoms. The average molecular weight is 283 g/mol. The van der Waals surface area contributed by atoms with E-state index in [1.165, 1.54) is 17.4 Å². The molecule has 1 amide bonds. The summed E-state index contributed by atoms with van der Waals surface area (Å²) in [6, 6.07) is 1.73. The number of nitrogens with one attached hydrogen (secondary N) is 1. The van der Waals surface area contributed by atoms with E-state index in [2.05, 4.69) is 5.32 Å². The lowest BCUT2D eigenvalue weighted by atomic mass is 10.2. The second-order valence-corrected chi connectivity index (χ2v) is 4.95. The first kappa shape index (κ1) is 15.4. The van der Waals surface area contributed by atoms with E-state index in [4.69, 9.17) is 9.84 Å². The summed E-state index contributed by atoms with van der Waals surface area (Å²) in [6.07, 6.45) is 3.18. The molecule has 0 aliphatic carbocycles. The van der Waals surface area contributed by atoms with Crippen LogP contribution in [0.2, 0.25) is 0 Å². The normalized spacial score (nSPS) is 12.5.